The Morgan fingerprint density at radius 3 is 1.81 bits per heavy atom. The van der Waals surface area contributed by atoms with Gasteiger partial charge in [-0.15, -0.1) is 0 Å². The number of ether oxygens (including phenoxy) is 6. The molecular formula is C33H57NO14. The van der Waals surface area contributed by atoms with Gasteiger partial charge in [0.15, 0.2) is 18.3 Å². The molecule has 0 aliphatic carbocycles. The Balaban J connectivity index is 0.000000277. The standard InChI is InChI=1S/C15H22O9.C11H21N.C7H14O5/c1-7-13(22-9(3)17)15(24-11(5)19)14(23-10(4)18)12(21-7)6-20-8(2)16;1-2-10-6-5-9-12-8-4-3-7-11(10)12;1-3-5(9)7(11)6(10)4(2-8)12-3/h7,12-15H,6H2,1-5H3;10-11H,2-9H2,1H3;3-11H,2H2,1H3/t;10-,11-;/m.1./s1. The van der Waals surface area contributed by atoms with Crippen molar-refractivity contribution in [1.82, 2.24) is 4.90 Å². The van der Waals surface area contributed by atoms with Gasteiger partial charge in [-0.1, -0.05) is 19.8 Å². The van der Waals surface area contributed by atoms with E-state index in [1.54, 1.807) is 13.8 Å². The van der Waals surface area contributed by atoms with Crippen molar-refractivity contribution in [2.45, 2.75) is 154 Å². The van der Waals surface area contributed by atoms with Gasteiger partial charge in [-0.3, -0.25) is 19.2 Å². The molecule has 4 aliphatic rings. The van der Waals surface area contributed by atoms with Crippen LogP contribution in [0.4, 0.5) is 0 Å². The Hall–Kier alpha value is -2.40. The number of hydrogen-bond donors (Lipinski definition) is 4. The van der Waals surface area contributed by atoms with Crippen LogP contribution in [0.3, 0.4) is 0 Å². The predicted molar refractivity (Wildman–Crippen MR) is 169 cm³/mol. The van der Waals surface area contributed by atoms with Crippen molar-refractivity contribution in [2.24, 2.45) is 5.92 Å². The molecule has 4 fully saturated rings. The van der Waals surface area contributed by atoms with E-state index in [2.05, 4.69) is 11.8 Å². The molecule has 0 aromatic heterocycles. The van der Waals surface area contributed by atoms with Crippen molar-refractivity contribution >= 4 is 23.9 Å². The maximum Gasteiger partial charge on any atom is 0.303 e. The topological polar surface area (TPSA) is 208 Å². The molecule has 4 aliphatic heterocycles. The molecule has 0 spiro atoms. The van der Waals surface area contributed by atoms with Gasteiger partial charge in [-0.05, 0) is 58.5 Å². The minimum absolute atomic E-state index is 0.206. The van der Waals surface area contributed by atoms with Gasteiger partial charge >= 0.3 is 23.9 Å². The van der Waals surface area contributed by atoms with Crippen LogP contribution < -0.4 is 0 Å². The minimum atomic E-state index is -1.24. The van der Waals surface area contributed by atoms with Crippen LogP contribution in [0.5, 0.6) is 0 Å². The Bertz CT molecular complexity index is 1010. The molecule has 12 atom stereocenters. The summed E-state index contributed by atoms with van der Waals surface area (Å²) in [5.74, 6) is -1.41. The van der Waals surface area contributed by atoms with Crippen LogP contribution in [0.15, 0.2) is 0 Å². The van der Waals surface area contributed by atoms with E-state index >= 15 is 0 Å². The summed E-state index contributed by atoms with van der Waals surface area (Å²) in [5, 5.41) is 36.4. The largest absolute Gasteiger partial charge is 0.463 e. The highest BCUT2D eigenvalue weighted by atomic mass is 16.7. The third-order valence-corrected chi connectivity index (χ3v) is 9.11. The molecule has 4 heterocycles. The minimum Gasteiger partial charge on any atom is -0.463 e. The number of carbonyl (C=O) groups excluding carboxylic acids is 4. The highest BCUT2D eigenvalue weighted by Crippen LogP contribution is 2.32. The first kappa shape index (κ1) is 41.8. The third-order valence-electron chi connectivity index (χ3n) is 9.11. The van der Waals surface area contributed by atoms with Gasteiger partial charge in [0.2, 0.25) is 0 Å². The number of piperidine rings is 2. The van der Waals surface area contributed by atoms with Gasteiger partial charge in [0.1, 0.15) is 37.1 Å². The van der Waals surface area contributed by atoms with Crippen molar-refractivity contribution < 1.29 is 68.0 Å². The predicted octanol–water partition coefficient (Wildman–Crippen LogP) is 0.642. The number of esters is 4. The Labute approximate surface area is 283 Å². The molecule has 0 amide bonds. The molecule has 278 valence electrons. The Morgan fingerprint density at radius 1 is 0.688 bits per heavy atom. The molecule has 4 N–H and O–H groups in total. The summed E-state index contributed by atoms with van der Waals surface area (Å²) < 4.78 is 31.1. The molecule has 0 saturated carbocycles. The highest BCUT2D eigenvalue weighted by molar-refractivity contribution is 5.68. The second kappa shape index (κ2) is 20.3. The molecule has 15 heteroatoms. The molecule has 4 saturated heterocycles. The monoisotopic (exact) mass is 691 g/mol. The summed E-state index contributed by atoms with van der Waals surface area (Å²) >= 11 is 0. The van der Waals surface area contributed by atoms with Gasteiger partial charge < -0.3 is 53.7 Å². The number of hydrogen-bond acceptors (Lipinski definition) is 15. The van der Waals surface area contributed by atoms with E-state index in [0.717, 1.165) is 12.0 Å². The zero-order valence-electron chi connectivity index (χ0n) is 29.3. The molecule has 0 bridgehead atoms. The lowest BCUT2D eigenvalue weighted by Crippen LogP contribution is -2.61. The fraction of sp³-hybridized carbons (Fsp3) is 0.879. The number of carbonyl (C=O) groups is 4. The van der Waals surface area contributed by atoms with Crippen LogP contribution in [0, 0.1) is 5.92 Å². The van der Waals surface area contributed by atoms with E-state index in [9.17, 15) is 34.5 Å². The molecule has 15 nitrogen and oxygen atoms in total. The number of aliphatic hydroxyl groups excluding tert-OH is 4. The maximum absolute atomic E-state index is 11.4. The first-order chi connectivity index (χ1) is 22.6. The van der Waals surface area contributed by atoms with Crippen LogP contribution in [-0.4, -0.2) is 143 Å². The Morgan fingerprint density at radius 2 is 1.25 bits per heavy atom. The lowest BCUT2D eigenvalue weighted by atomic mass is 9.82. The van der Waals surface area contributed by atoms with Crippen molar-refractivity contribution in [3.63, 3.8) is 0 Å². The summed E-state index contributed by atoms with van der Waals surface area (Å²) in [6, 6.07) is 0.970. The van der Waals surface area contributed by atoms with Gasteiger partial charge in [0, 0.05) is 33.7 Å². The normalized spacial score (nSPS) is 36.4. The van der Waals surface area contributed by atoms with E-state index in [-0.39, 0.29) is 13.2 Å². The summed E-state index contributed by atoms with van der Waals surface area (Å²) in [6.45, 7) is 12.5. The van der Waals surface area contributed by atoms with Crippen molar-refractivity contribution in [3.05, 3.63) is 0 Å². The first-order valence-corrected chi connectivity index (χ1v) is 17.0. The average Bonchev–Trinajstić information content (AvgIpc) is 3.03. The zero-order chi connectivity index (χ0) is 36.1. The van der Waals surface area contributed by atoms with Crippen LogP contribution in [0.25, 0.3) is 0 Å². The van der Waals surface area contributed by atoms with Gasteiger partial charge in [-0.2, -0.15) is 0 Å². The summed E-state index contributed by atoms with van der Waals surface area (Å²) in [7, 11) is 0. The molecule has 4 rings (SSSR count). The van der Waals surface area contributed by atoms with E-state index in [1.807, 2.05) is 0 Å². The fourth-order valence-corrected chi connectivity index (χ4v) is 6.79. The van der Waals surface area contributed by atoms with Crippen LogP contribution in [0.1, 0.15) is 87.0 Å². The molecule has 10 unspecified atom stereocenters. The highest BCUT2D eigenvalue weighted by Gasteiger charge is 2.50. The Kier molecular flexibility index (Phi) is 17.7. The van der Waals surface area contributed by atoms with Crippen molar-refractivity contribution in [2.75, 3.05) is 26.3 Å². The number of aliphatic hydroxyl groups is 4. The lowest BCUT2D eigenvalue weighted by Gasteiger charge is -2.44. The van der Waals surface area contributed by atoms with Crippen molar-refractivity contribution in [1.29, 1.82) is 0 Å². The van der Waals surface area contributed by atoms with Crippen LogP contribution in [0.2, 0.25) is 0 Å². The molecule has 48 heavy (non-hydrogen) atoms. The summed E-state index contributed by atoms with van der Waals surface area (Å²) in [5.41, 5.74) is 0. The molecular weight excluding hydrogens is 634 g/mol. The lowest BCUT2D eigenvalue weighted by molar-refractivity contribution is -0.249. The molecule has 0 aromatic rings. The average molecular weight is 692 g/mol. The number of nitrogens with zero attached hydrogens (tertiary/aromatic N) is 1. The van der Waals surface area contributed by atoms with Crippen LogP contribution >= 0.6 is 0 Å². The van der Waals surface area contributed by atoms with Gasteiger partial charge in [0.05, 0.1) is 18.8 Å². The molecule has 0 aromatic carbocycles. The van der Waals surface area contributed by atoms with Crippen LogP contribution in [-0.2, 0) is 47.6 Å². The summed E-state index contributed by atoms with van der Waals surface area (Å²) in [4.78, 5) is 47.9. The number of fused-ring (bicyclic) bond motifs is 1. The van der Waals surface area contributed by atoms with E-state index in [0.29, 0.717) is 0 Å². The van der Waals surface area contributed by atoms with E-state index in [1.165, 1.54) is 79.3 Å². The van der Waals surface area contributed by atoms with Gasteiger partial charge in [0.25, 0.3) is 0 Å². The SMILES string of the molecule is CC(=O)OCC1OC(C)C(OC(C)=O)C(OC(C)=O)C1OC(C)=O.CC1OC(CO)C(O)C(O)C1O.CC[C@@H]1CCCN2CCCC[C@H]12. The van der Waals surface area contributed by atoms with Crippen molar-refractivity contribution in [3.8, 4) is 0 Å². The van der Waals surface area contributed by atoms with E-state index in [4.69, 9.17) is 33.5 Å². The second-order valence-electron chi connectivity index (χ2n) is 12.8. The quantitative estimate of drug-likeness (QED) is 0.213. The third kappa shape index (κ3) is 12.5. The van der Waals surface area contributed by atoms with Gasteiger partial charge in [-0.25, -0.2) is 0 Å². The second-order valence-corrected chi connectivity index (χ2v) is 12.8. The molecule has 0 radical (unpaired) electrons. The number of rotatable bonds is 7. The first-order valence-electron chi connectivity index (χ1n) is 17.0. The van der Waals surface area contributed by atoms with E-state index < -0.39 is 84.9 Å². The maximum atomic E-state index is 11.4. The zero-order valence-corrected chi connectivity index (χ0v) is 29.3. The summed E-state index contributed by atoms with van der Waals surface area (Å²) in [6.07, 6.45) is -0.851. The smallest absolute Gasteiger partial charge is 0.303 e. The fourth-order valence-electron chi connectivity index (χ4n) is 6.79.